The first-order valence-electron chi connectivity index (χ1n) is 10.7. The van der Waals surface area contributed by atoms with Crippen molar-refractivity contribution in [1.29, 1.82) is 0 Å². The number of hydrogen-bond acceptors (Lipinski definition) is 6. The molecule has 0 saturated heterocycles. The number of aromatic nitrogens is 1. The molecule has 0 spiro atoms. The lowest BCUT2D eigenvalue weighted by atomic mass is 9.93. The summed E-state index contributed by atoms with van der Waals surface area (Å²) in [6, 6.07) is 6.76. The first-order chi connectivity index (χ1) is 14.9. The molecule has 1 saturated carbocycles. The van der Waals surface area contributed by atoms with Crippen molar-refractivity contribution in [3.05, 3.63) is 30.5 Å². The largest absolute Gasteiger partial charge is 0.482 e. The Morgan fingerprint density at radius 2 is 2.00 bits per heavy atom. The molecule has 9 heteroatoms. The number of carboxylic acids is 1. The van der Waals surface area contributed by atoms with Crippen LogP contribution in [-0.4, -0.2) is 41.5 Å². The van der Waals surface area contributed by atoms with Gasteiger partial charge in [-0.3, -0.25) is 5.32 Å². The Morgan fingerprint density at radius 3 is 2.65 bits per heavy atom. The molecular weight excluding hydrogens is 400 g/mol. The molecule has 0 radical (unpaired) electrons. The Kier molecular flexibility index (Phi) is 7.75. The van der Waals surface area contributed by atoms with Crippen molar-refractivity contribution >= 4 is 29.2 Å². The van der Waals surface area contributed by atoms with Crippen LogP contribution in [0.3, 0.4) is 0 Å². The molecule has 0 aliphatic heterocycles. The highest BCUT2D eigenvalue weighted by atomic mass is 16.5. The van der Waals surface area contributed by atoms with Gasteiger partial charge in [0.05, 0.1) is 11.4 Å². The molecule has 2 aromatic rings. The van der Waals surface area contributed by atoms with Crippen molar-refractivity contribution in [2.75, 3.05) is 28.7 Å². The highest BCUT2D eigenvalue weighted by Crippen LogP contribution is 2.35. The maximum atomic E-state index is 12.6. The summed E-state index contributed by atoms with van der Waals surface area (Å²) in [7, 11) is 0. The van der Waals surface area contributed by atoms with Crippen LogP contribution in [0.25, 0.3) is 0 Å². The summed E-state index contributed by atoms with van der Waals surface area (Å²) in [6.45, 7) is 4.73. The molecule has 1 aliphatic carbocycles. The van der Waals surface area contributed by atoms with Crippen LogP contribution in [0.2, 0.25) is 0 Å². The van der Waals surface area contributed by atoms with E-state index in [1.807, 2.05) is 6.07 Å². The molecule has 168 valence electrons. The van der Waals surface area contributed by atoms with Crippen LogP contribution >= 0.6 is 0 Å². The number of anilines is 3. The molecule has 0 unspecified atom stereocenters. The number of carboxylic acid groups (broad SMARTS) is 1. The highest BCUT2D eigenvalue weighted by Gasteiger charge is 2.25. The standard InChI is InChI=1S/C22H30N4O5/c1-15(2)13-26(16-6-4-3-5-7-16)19-9-8-17(30-14-21(27)28)12-18(19)23-22(29)24-20-10-11-31-25-20/h8-12,15-16H,3-7,13-14H2,1-2H3,(H,27,28)(H2,23,24,25,29). The van der Waals surface area contributed by atoms with Crippen LogP contribution in [0.5, 0.6) is 5.75 Å². The molecule has 1 fully saturated rings. The Hall–Kier alpha value is -3.23. The van der Waals surface area contributed by atoms with Crippen molar-refractivity contribution in [2.45, 2.75) is 52.0 Å². The second kappa shape index (κ2) is 10.7. The topological polar surface area (TPSA) is 117 Å². The van der Waals surface area contributed by atoms with E-state index in [4.69, 9.17) is 14.4 Å². The molecule has 3 rings (SSSR count). The van der Waals surface area contributed by atoms with Crippen LogP contribution in [-0.2, 0) is 4.79 Å². The van der Waals surface area contributed by atoms with E-state index < -0.39 is 18.6 Å². The van der Waals surface area contributed by atoms with Gasteiger partial charge < -0.3 is 24.6 Å². The minimum atomic E-state index is -1.06. The van der Waals surface area contributed by atoms with Gasteiger partial charge in [0.2, 0.25) is 0 Å². The molecule has 3 N–H and O–H groups in total. The third kappa shape index (κ3) is 6.63. The normalized spacial score (nSPS) is 14.3. The summed E-state index contributed by atoms with van der Waals surface area (Å²) in [4.78, 5) is 25.8. The molecule has 9 nitrogen and oxygen atoms in total. The maximum Gasteiger partial charge on any atom is 0.341 e. The van der Waals surface area contributed by atoms with Crippen molar-refractivity contribution in [3.63, 3.8) is 0 Å². The van der Waals surface area contributed by atoms with Crippen molar-refractivity contribution in [3.8, 4) is 5.75 Å². The average molecular weight is 431 g/mol. The minimum Gasteiger partial charge on any atom is -0.482 e. The Balaban J connectivity index is 1.89. The quantitative estimate of drug-likeness (QED) is 0.533. The van der Waals surface area contributed by atoms with Gasteiger partial charge in [0.1, 0.15) is 12.0 Å². The summed E-state index contributed by atoms with van der Waals surface area (Å²) < 4.78 is 10.1. The number of ether oxygens (including phenoxy) is 1. The molecule has 2 amide bonds. The van der Waals surface area contributed by atoms with Crippen LogP contribution in [0, 0.1) is 5.92 Å². The van der Waals surface area contributed by atoms with E-state index in [1.165, 1.54) is 25.5 Å². The lowest BCUT2D eigenvalue weighted by Crippen LogP contribution is -2.40. The Labute approximate surface area is 181 Å². The van der Waals surface area contributed by atoms with E-state index in [0.29, 0.717) is 29.2 Å². The molecule has 0 bridgehead atoms. The van der Waals surface area contributed by atoms with Gasteiger partial charge in [0, 0.05) is 24.7 Å². The number of hydrogen-bond donors (Lipinski definition) is 3. The fraction of sp³-hybridized carbons (Fsp3) is 0.500. The van der Waals surface area contributed by atoms with Crippen molar-refractivity contribution in [2.24, 2.45) is 5.92 Å². The predicted molar refractivity (Wildman–Crippen MR) is 118 cm³/mol. The second-order valence-corrected chi connectivity index (χ2v) is 8.16. The Morgan fingerprint density at radius 1 is 1.23 bits per heavy atom. The Bertz CT molecular complexity index is 863. The van der Waals surface area contributed by atoms with Gasteiger partial charge in [-0.1, -0.05) is 38.3 Å². The molecular formula is C22H30N4O5. The van der Waals surface area contributed by atoms with Gasteiger partial charge in [-0.2, -0.15) is 0 Å². The van der Waals surface area contributed by atoms with Crippen LogP contribution in [0.15, 0.2) is 35.1 Å². The number of carbonyl (C=O) groups excluding carboxylic acids is 1. The molecule has 1 aromatic heterocycles. The molecule has 0 atom stereocenters. The van der Waals surface area contributed by atoms with Crippen molar-refractivity contribution in [1.82, 2.24) is 5.16 Å². The lowest BCUT2D eigenvalue weighted by Gasteiger charge is -2.38. The first kappa shape index (κ1) is 22.5. The molecule has 31 heavy (non-hydrogen) atoms. The van der Waals surface area contributed by atoms with E-state index in [2.05, 4.69) is 34.5 Å². The van der Waals surface area contributed by atoms with E-state index >= 15 is 0 Å². The third-order valence-corrected chi connectivity index (χ3v) is 5.14. The zero-order chi connectivity index (χ0) is 22.2. The summed E-state index contributed by atoms with van der Waals surface area (Å²) in [5, 5.41) is 18.1. The van der Waals surface area contributed by atoms with Gasteiger partial charge in [-0.25, -0.2) is 9.59 Å². The van der Waals surface area contributed by atoms with Gasteiger partial charge in [0.15, 0.2) is 12.4 Å². The van der Waals surface area contributed by atoms with Crippen molar-refractivity contribution < 1.29 is 24.0 Å². The van der Waals surface area contributed by atoms with E-state index in [-0.39, 0.29) is 0 Å². The molecule has 1 aliphatic rings. The van der Waals surface area contributed by atoms with Gasteiger partial charge in [-0.05, 0) is 30.9 Å². The van der Waals surface area contributed by atoms with Crippen LogP contribution in [0.4, 0.5) is 22.0 Å². The molecule has 1 heterocycles. The number of nitrogens with one attached hydrogen (secondary N) is 2. The van der Waals surface area contributed by atoms with Gasteiger partial charge in [-0.15, -0.1) is 0 Å². The molecule has 1 aromatic carbocycles. The minimum absolute atomic E-state index is 0.295. The summed E-state index contributed by atoms with van der Waals surface area (Å²) in [6.07, 6.45) is 7.21. The SMILES string of the molecule is CC(C)CN(c1ccc(OCC(=O)O)cc1NC(=O)Nc1ccon1)C1CCCCC1. The average Bonchev–Trinajstić information content (AvgIpc) is 3.24. The zero-order valence-electron chi connectivity index (χ0n) is 18.0. The summed E-state index contributed by atoms with van der Waals surface area (Å²) in [5.74, 6) is 0.0346. The number of nitrogens with zero attached hydrogens (tertiary/aromatic N) is 2. The number of aliphatic carboxylic acids is 1. The van der Waals surface area contributed by atoms with E-state index in [9.17, 15) is 9.59 Å². The highest BCUT2D eigenvalue weighted by molar-refractivity contribution is 6.01. The number of benzene rings is 1. The summed E-state index contributed by atoms with van der Waals surface area (Å²) >= 11 is 0. The zero-order valence-corrected chi connectivity index (χ0v) is 18.0. The number of carbonyl (C=O) groups is 2. The number of amides is 2. The van der Waals surface area contributed by atoms with Crippen LogP contribution < -0.4 is 20.3 Å². The smallest absolute Gasteiger partial charge is 0.341 e. The third-order valence-electron chi connectivity index (χ3n) is 5.14. The van der Waals surface area contributed by atoms with E-state index in [0.717, 1.165) is 25.1 Å². The first-order valence-corrected chi connectivity index (χ1v) is 10.7. The summed E-state index contributed by atoms with van der Waals surface area (Å²) in [5.41, 5.74) is 1.44. The lowest BCUT2D eigenvalue weighted by molar-refractivity contribution is -0.139. The van der Waals surface area contributed by atoms with Gasteiger partial charge in [0.25, 0.3) is 0 Å². The maximum absolute atomic E-state index is 12.6. The monoisotopic (exact) mass is 430 g/mol. The fourth-order valence-corrected chi connectivity index (χ4v) is 3.88. The predicted octanol–water partition coefficient (Wildman–Crippen LogP) is 4.58. The fourth-order valence-electron chi connectivity index (χ4n) is 3.88. The second-order valence-electron chi connectivity index (χ2n) is 8.16. The number of rotatable bonds is 9. The number of urea groups is 1. The van der Waals surface area contributed by atoms with Gasteiger partial charge >= 0.3 is 12.0 Å². The van der Waals surface area contributed by atoms with Crippen LogP contribution in [0.1, 0.15) is 46.0 Å². The van der Waals surface area contributed by atoms with E-state index in [1.54, 1.807) is 18.2 Å².